The van der Waals surface area contributed by atoms with E-state index in [4.69, 9.17) is 0 Å². The second kappa shape index (κ2) is 4.56. The number of halogens is 1. The Morgan fingerprint density at radius 1 is 1.27 bits per heavy atom. The molecule has 1 aliphatic rings. The molecular weight excluding hydrogens is 254 g/mol. The van der Waals surface area contributed by atoms with E-state index in [1.807, 2.05) is 19.0 Å². The third-order valence-electron chi connectivity index (χ3n) is 3.15. The van der Waals surface area contributed by atoms with Gasteiger partial charge in [0, 0.05) is 20.0 Å². The maximum absolute atomic E-state index is 4.34. The molecule has 1 saturated carbocycles. The summed E-state index contributed by atoms with van der Waals surface area (Å²) in [5.74, 6) is 1.69. The van der Waals surface area contributed by atoms with E-state index in [2.05, 4.69) is 26.1 Å². The van der Waals surface area contributed by atoms with Crippen molar-refractivity contribution in [1.29, 1.82) is 0 Å². The first kappa shape index (κ1) is 11.0. The van der Waals surface area contributed by atoms with Crippen molar-refractivity contribution in [2.75, 3.05) is 19.0 Å². The molecule has 84 valence electrons. The molecule has 2 rings (SSSR count). The van der Waals surface area contributed by atoms with E-state index >= 15 is 0 Å². The third kappa shape index (κ3) is 2.19. The fraction of sp³-hybridized carbons (Fsp3) is 0.727. The van der Waals surface area contributed by atoms with Gasteiger partial charge in [-0.15, -0.1) is 0 Å². The zero-order valence-corrected chi connectivity index (χ0v) is 11.0. The van der Waals surface area contributed by atoms with Crippen molar-refractivity contribution in [3.8, 4) is 0 Å². The Bertz CT molecular complexity index is 327. The highest BCUT2D eigenvalue weighted by Crippen LogP contribution is 2.38. The van der Waals surface area contributed by atoms with Gasteiger partial charge in [0.2, 0.25) is 0 Å². The van der Waals surface area contributed by atoms with Gasteiger partial charge in [-0.3, -0.25) is 5.10 Å². The molecule has 0 unspecified atom stereocenters. The summed E-state index contributed by atoms with van der Waals surface area (Å²) in [6, 6.07) is 0. The summed E-state index contributed by atoms with van der Waals surface area (Å²) in [5.41, 5.74) is 1.29. The van der Waals surface area contributed by atoms with Crippen LogP contribution in [0.2, 0.25) is 0 Å². The van der Waals surface area contributed by atoms with Gasteiger partial charge in [-0.05, 0) is 28.8 Å². The molecule has 1 N–H and O–H groups in total. The topological polar surface area (TPSA) is 31.9 Å². The lowest BCUT2D eigenvalue weighted by Crippen LogP contribution is -2.09. The third-order valence-corrected chi connectivity index (χ3v) is 3.93. The maximum atomic E-state index is 4.34. The monoisotopic (exact) mass is 271 g/mol. The number of rotatable bonds is 2. The molecule has 0 spiro atoms. The van der Waals surface area contributed by atoms with Crippen LogP contribution in [-0.2, 0) is 0 Å². The molecule has 0 aliphatic heterocycles. The van der Waals surface area contributed by atoms with E-state index in [1.165, 1.54) is 37.8 Å². The minimum atomic E-state index is 0.675. The Kier molecular flexibility index (Phi) is 3.34. The lowest BCUT2D eigenvalue weighted by Gasteiger charge is -2.20. The predicted octanol–water partition coefficient (Wildman–Crippen LogP) is 3.29. The normalized spacial score (nSPS) is 18.1. The van der Waals surface area contributed by atoms with E-state index in [9.17, 15) is 0 Å². The molecule has 0 saturated heterocycles. The number of aromatic nitrogens is 2. The van der Waals surface area contributed by atoms with Gasteiger partial charge in [0.25, 0.3) is 0 Å². The number of aromatic amines is 1. The molecule has 0 amide bonds. The number of nitrogens with one attached hydrogen (secondary N) is 1. The maximum Gasteiger partial charge on any atom is 0.164 e. The van der Waals surface area contributed by atoms with Crippen molar-refractivity contribution in [3.63, 3.8) is 0 Å². The lowest BCUT2D eigenvalue weighted by molar-refractivity contribution is 0.435. The van der Waals surface area contributed by atoms with Crippen LogP contribution in [0.3, 0.4) is 0 Å². The van der Waals surface area contributed by atoms with E-state index in [-0.39, 0.29) is 0 Å². The van der Waals surface area contributed by atoms with Gasteiger partial charge < -0.3 is 4.90 Å². The van der Waals surface area contributed by atoms with Gasteiger partial charge in [0.15, 0.2) is 5.82 Å². The van der Waals surface area contributed by atoms with Crippen molar-refractivity contribution < 1.29 is 0 Å². The van der Waals surface area contributed by atoms with Crippen LogP contribution >= 0.6 is 15.9 Å². The van der Waals surface area contributed by atoms with Gasteiger partial charge in [0.05, 0.1) is 10.2 Å². The highest BCUT2D eigenvalue weighted by Gasteiger charge is 2.22. The van der Waals surface area contributed by atoms with Crippen LogP contribution in [0, 0.1) is 0 Å². The Hall–Kier alpha value is -0.510. The zero-order chi connectivity index (χ0) is 10.8. The summed E-state index contributed by atoms with van der Waals surface area (Å²) < 4.78 is 1.15. The van der Waals surface area contributed by atoms with E-state index in [1.54, 1.807) is 0 Å². The first-order valence-corrected chi connectivity index (χ1v) is 6.40. The molecule has 3 nitrogen and oxygen atoms in total. The molecule has 1 aromatic rings. The smallest absolute Gasteiger partial charge is 0.164 e. The zero-order valence-electron chi connectivity index (χ0n) is 9.39. The summed E-state index contributed by atoms with van der Waals surface area (Å²) in [5, 5.41) is 7.53. The molecule has 0 atom stereocenters. The van der Waals surface area contributed by atoms with Crippen LogP contribution in [0.1, 0.15) is 43.7 Å². The summed E-state index contributed by atoms with van der Waals surface area (Å²) in [6.45, 7) is 0. The molecule has 1 aliphatic carbocycles. The highest BCUT2D eigenvalue weighted by atomic mass is 79.9. The molecule has 1 fully saturated rings. The Balaban J connectivity index is 2.20. The van der Waals surface area contributed by atoms with E-state index < -0.39 is 0 Å². The number of anilines is 1. The molecule has 0 bridgehead atoms. The van der Waals surface area contributed by atoms with Gasteiger partial charge in [-0.1, -0.05) is 19.3 Å². The molecule has 1 aromatic heterocycles. The number of H-pyrrole nitrogens is 1. The number of hydrogen-bond acceptors (Lipinski definition) is 2. The highest BCUT2D eigenvalue weighted by molar-refractivity contribution is 9.10. The average Bonchev–Trinajstić information content (AvgIpc) is 2.61. The fourth-order valence-electron chi connectivity index (χ4n) is 2.29. The number of nitrogens with zero attached hydrogens (tertiary/aromatic N) is 2. The van der Waals surface area contributed by atoms with Crippen molar-refractivity contribution in [1.82, 2.24) is 10.2 Å². The molecule has 1 heterocycles. The Labute approximate surface area is 99.4 Å². The minimum Gasteiger partial charge on any atom is -0.360 e. The van der Waals surface area contributed by atoms with E-state index in [0.717, 1.165) is 10.3 Å². The van der Waals surface area contributed by atoms with Gasteiger partial charge >= 0.3 is 0 Å². The standard InChI is InChI=1S/C11H18BrN3/c1-15(2)11-9(12)10(13-14-11)8-6-4-3-5-7-8/h8H,3-7H2,1-2H3,(H,13,14). The van der Waals surface area contributed by atoms with Crippen molar-refractivity contribution in [2.45, 2.75) is 38.0 Å². The Morgan fingerprint density at radius 2 is 1.93 bits per heavy atom. The molecule has 0 radical (unpaired) electrons. The first-order valence-electron chi connectivity index (χ1n) is 5.61. The number of hydrogen-bond donors (Lipinski definition) is 1. The van der Waals surface area contributed by atoms with Crippen LogP contribution in [0.5, 0.6) is 0 Å². The van der Waals surface area contributed by atoms with Crippen molar-refractivity contribution in [3.05, 3.63) is 10.2 Å². The fourth-order valence-corrected chi connectivity index (χ4v) is 3.15. The first-order chi connectivity index (χ1) is 7.20. The molecule has 0 aromatic carbocycles. The SMILES string of the molecule is CN(C)c1n[nH]c(C2CCCCC2)c1Br. The second-order valence-corrected chi connectivity index (χ2v) is 5.30. The lowest BCUT2D eigenvalue weighted by atomic mass is 9.87. The quantitative estimate of drug-likeness (QED) is 0.895. The van der Waals surface area contributed by atoms with Gasteiger partial charge in [0.1, 0.15) is 0 Å². The van der Waals surface area contributed by atoms with Crippen molar-refractivity contribution >= 4 is 21.7 Å². The van der Waals surface area contributed by atoms with Gasteiger partial charge in [-0.25, -0.2) is 0 Å². The summed E-state index contributed by atoms with van der Waals surface area (Å²) in [7, 11) is 4.04. The largest absolute Gasteiger partial charge is 0.360 e. The summed E-state index contributed by atoms with van der Waals surface area (Å²) >= 11 is 3.65. The predicted molar refractivity (Wildman–Crippen MR) is 66.4 cm³/mol. The van der Waals surface area contributed by atoms with Crippen LogP contribution in [0.4, 0.5) is 5.82 Å². The second-order valence-electron chi connectivity index (χ2n) is 4.50. The molecular formula is C11H18BrN3. The van der Waals surface area contributed by atoms with Gasteiger partial charge in [-0.2, -0.15) is 5.10 Å². The molecule has 4 heteroatoms. The van der Waals surface area contributed by atoms with Crippen molar-refractivity contribution in [2.24, 2.45) is 0 Å². The van der Waals surface area contributed by atoms with Crippen LogP contribution in [0.25, 0.3) is 0 Å². The minimum absolute atomic E-state index is 0.675. The molecule has 15 heavy (non-hydrogen) atoms. The van der Waals surface area contributed by atoms with Crippen LogP contribution < -0.4 is 4.90 Å². The summed E-state index contributed by atoms with van der Waals surface area (Å²) in [6.07, 6.45) is 6.70. The van der Waals surface area contributed by atoms with E-state index in [0.29, 0.717) is 5.92 Å². The van der Waals surface area contributed by atoms with Crippen LogP contribution in [0.15, 0.2) is 4.47 Å². The van der Waals surface area contributed by atoms with Crippen LogP contribution in [-0.4, -0.2) is 24.3 Å². The summed E-state index contributed by atoms with van der Waals surface area (Å²) in [4.78, 5) is 2.03. The average molecular weight is 272 g/mol. The Morgan fingerprint density at radius 3 is 2.47 bits per heavy atom.